The fourth-order valence-electron chi connectivity index (χ4n) is 1.59. The minimum absolute atomic E-state index is 0.00111. The molecule has 0 heterocycles. The predicted molar refractivity (Wildman–Crippen MR) is 66.9 cm³/mol. The quantitative estimate of drug-likeness (QED) is 0.599. The second-order valence-corrected chi connectivity index (χ2v) is 3.82. The predicted octanol–water partition coefficient (Wildman–Crippen LogP) is 1.65. The lowest BCUT2D eigenvalue weighted by Gasteiger charge is -2.11. The lowest BCUT2D eigenvalue weighted by molar-refractivity contribution is 0.244. The lowest BCUT2D eigenvalue weighted by Crippen LogP contribution is -2.17. The smallest absolute Gasteiger partial charge is 0.126 e. The first-order valence-electron chi connectivity index (χ1n) is 5.23. The van der Waals surface area contributed by atoms with Gasteiger partial charge in [0.25, 0.3) is 0 Å². The number of benzene rings is 1. The zero-order chi connectivity index (χ0) is 12.1. The van der Waals surface area contributed by atoms with Gasteiger partial charge in [-0.2, -0.15) is 0 Å². The van der Waals surface area contributed by atoms with Crippen LogP contribution in [0.1, 0.15) is 24.1 Å². The molecule has 4 nitrogen and oxygen atoms in total. The summed E-state index contributed by atoms with van der Waals surface area (Å²) in [6.45, 7) is 4.29. The molecule has 0 spiro atoms. The topological polar surface area (TPSA) is 73.6 Å². The van der Waals surface area contributed by atoms with Crippen LogP contribution in [0, 0.1) is 6.92 Å². The monoisotopic (exact) mass is 221 g/mol. The third-order valence-electron chi connectivity index (χ3n) is 2.39. The van der Waals surface area contributed by atoms with Gasteiger partial charge in [-0.15, -0.1) is 0 Å². The molecule has 0 unspecified atom stereocenters. The third kappa shape index (κ3) is 3.05. The van der Waals surface area contributed by atoms with Crippen LogP contribution in [0.25, 0.3) is 0 Å². The molecule has 1 atom stereocenters. The molecule has 1 rings (SSSR count). The molecule has 0 radical (unpaired) electrons. The highest BCUT2D eigenvalue weighted by atomic mass is 16.5. The van der Waals surface area contributed by atoms with E-state index in [1.54, 1.807) is 7.11 Å². The summed E-state index contributed by atoms with van der Waals surface area (Å²) < 4.78 is 4.91. The summed E-state index contributed by atoms with van der Waals surface area (Å²) >= 11 is 0. The van der Waals surface area contributed by atoms with Crippen molar-refractivity contribution in [3.8, 4) is 0 Å². The van der Waals surface area contributed by atoms with E-state index in [0.717, 1.165) is 16.8 Å². The molecule has 0 aromatic heterocycles. The molecule has 0 fully saturated rings. The summed E-state index contributed by atoms with van der Waals surface area (Å²) in [5.74, 6) is 0.465. The lowest BCUT2D eigenvalue weighted by atomic mass is 10.0. The highest BCUT2D eigenvalue weighted by Crippen LogP contribution is 2.25. The molecular formula is C12H19N3O. The first-order valence-corrected chi connectivity index (χ1v) is 5.23. The van der Waals surface area contributed by atoms with Gasteiger partial charge in [0.15, 0.2) is 0 Å². The molecule has 88 valence electrons. The summed E-state index contributed by atoms with van der Waals surface area (Å²) in [4.78, 5) is 4.31. The van der Waals surface area contributed by atoms with E-state index in [1.165, 1.54) is 0 Å². The van der Waals surface area contributed by atoms with Gasteiger partial charge >= 0.3 is 0 Å². The van der Waals surface area contributed by atoms with Gasteiger partial charge in [-0.1, -0.05) is 12.1 Å². The molecule has 16 heavy (non-hydrogen) atoms. The summed E-state index contributed by atoms with van der Waals surface area (Å²) in [5, 5.41) is 0. The van der Waals surface area contributed by atoms with E-state index in [1.807, 2.05) is 32.0 Å². The summed E-state index contributed by atoms with van der Waals surface area (Å²) in [7, 11) is 1.59. The Bertz CT molecular complexity index is 386. The van der Waals surface area contributed by atoms with Crippen molar-refractivity contribution in [2.24, 2.45) is 16.5 Å². The Morgan fingerprint density at radius 3 is 2.75 bits per heavy atom. The van der Waals surface area contributed by atoms with Gasteiger partial charge in [0.05, 0.1) is 5.69 Å². The second kappa shape index (κ2) is 5.63. The first kappa shape index (κ1) is 12.7. The van der Waals surface area contributed by atoms with Crippen molar-refractivity contribution < 1.29 is 4.74 Å². The van der Waals surface area contributed by atoms with Crippen molar-refractivity contribution in [2.45, 2.75) is 19.9 Å². The normalized spacial score (nSPS) is 13.9. The minimum Gasteiger partial charge on any atom is -0.385 e. The second-order valence-electron chi connectivity index (χ2n) is 3.82. The maximum Gasteiger partial charge on any atom is 0.126 e. The number of hydrogen-bond acceptors (Lipinski definition) is 3. The number of methoxy groups -OCH3 is 1. The molecular weight excluding hydrogens is 202 g/mol. The van der Waals surface area contributed by atoms with Gasteiger partial charge in [0.1, 0.15) is 12.4 Å². The van der Waals surface area contributed by atoms with Crippen molar-refractivity contribution in [3.05, 3.63) is 29.3 Å². The highest BCUT2D eigenvalue weighted by Gasteiger charge is 2.06. The molecule has 0 aliphatic rings. The van der Waals surface area contributed by atoms with Gasteiger partial charge in [-0.25, -0.2) is 4.99 Å². The molecule has 0 saturated heterocycles. The summed E-state index contributed by atoms with van der Waals surface area (Å²) in [5.41, 5.74) is 14.6. The Hall–Kier alpha value is -1.39. The molecule has 1 aromatic carbocycles. The zero-order valence-electron chi connectivity index (χ0n) is 10.0. The number of ether oxygens (including phenoxy) is 1. The van der Waals surface area contributed by atoms with Crippen LogP contribution in [0.15, 0.2) is 23.2 Å². The van der Waals surface area contributed by atoms with Crippen molar-refractivity contribution in [1.29, 1.82) is 0 Å². The van der Waals surface area contributed by atoms with Crippen LogP contribution >= 0.6 is 0 Å². The van der Waals surface area contributed by atoms with Crippen LogP contribution in [-0.4, -0.2) is 19.6 Å². The number of rotatable bonds is 4. The maximum atomic E-state index is 5.87. The summed E-state index contributed by atoms with van der Waals surface area (Å²) in [6.07, 6.45) is 0. The van der Waals surface area contributed by atoms with Crippen LogP contribution in [0.5, 0.6) is 0 Å². The standard InChI is InChI=1S/C12H19N3O/c1-8-10(9(2)13)5-4-6-11(8)15-12(14)7-16-3/h4-6,9H,7,13H2,1-3H3,(H2,14,15)/t9-/m1/s1. The number of nitrogens with two attached hydrogens (primary N) is 2. The van der Waals surface area contributed by atoms with Crippen LogP contribution in [0.2, 0.25) is 0 Å². The molecule has 0 aliphatic carbocycles. The van der Waals surface area contributed by atoms with Crippen LogP contribution < -0.4 is 11.5 Å². The minimum atomic E-state index is -0.00111. The molecule has 0 bridgehead atoms. The van der Waals surface area contributed by atoms with E-state index in [2.05, 4.69) is 4.99 Å². The fourth-order valence-corrected chi connectivity index (χ4v) is 1.59. The van der Waals surface area contributed by atoms with Crippen molar-refractivity contribution in [3.63, 3.8) is 0 Å². The number of aliphatic imine (C=N–C) groups is 1. The Kier molecular flexibility index (Phi) is 4.46. The maximum absolute atomic E-state index is 5.87. The largest absolute Gasteiger partial charge is 0.385 e. The van der Waals surface area contributed by atoms with E-state index in [9.17, 15) is 0 Å². The van der Waals surface area contributed by atoms with Crippen LogP contribution in [0.3, 0.4) is 0 Å². The number of amidine groups is 1. The number of nitrogens with zero attached hydrogens (tertiary/aromatic N) is 1. The van der Waals surface area contributed by atoms with E-state index < -0.39 is 0 Å². The SMILES string of the molecule is COCC(N)=Nc1cccc([C@@H](C)N)c1C. The van der Waals surface area contributed by atoms with Gasteiger partial charge in [0, 0.05) is 13.2 Å². The van der Waals surface area contributed by atoms with Crippen molar-refractivity contribution in [1.82, 2.24) is 0 Å². The first-order chi connectivity index (χ1) is 7.56. The van der Waals surface area contributed by atoms with Gasteiger partial charge in [0.2, 0.25) is 0 Å². The fraction of sp³-hybridized carbons (Fsp3) is 0.417. The van der Waals surface area contributed by atoms with Gasteiger partial charge in [-0.05, 0) is 31.0 Å². The number of hydrogen-bond donors (Lipinski definition) is 2. The molecule has 0 aliphatic heterocycles. The van der Waals surface area contributed by atoms with Crippen LogP contribution in [-0.2, 0) is 4.74 Å². The van der Waals surface area contributed by atoms with E-state index in [-0.39, 0.29) is 6.04 Å². The van der Waals surface area contributed by atoms with Crippen LogP contribution in [0.4, 0.5) is 5.69 Å². The summed E-state index contributed by atoms with van der Waals surface area (Å²) in [6, 6.07) is 5.86. The van der Waals surface area contributed by atoms with E-state index in [4.69, 9.17) is 16.2 Å². The average Bonchev–Trinajstić information content (AvgIpc) is 2.21. The Morgan fingerprint density at radius 1 is 1.50 bits per heavy atom. The molecule has 0 amide bonds. The van der Waals surface area contributed by atoms with Crippen molar-refractivity contribution in [2.75, 3.05) is 13.7 Å². The van der Waals surface area contributed by atoms with E-state index in [0.29, 0.717) is 12.4 Å². The van der Waals surface area contributed by atoms with Gasteiger partial charge in [-0.3, -0.25) is 0 Å². The molecule has 4 heteroatoms. The Labute approximate surface area is 96.3 Å². The third-order valence-corrected chi connectivity index (χ3v) is 2.39. The van der Waals surface area contributed by atoms with E-state index >= 15 is 0 Å². The van der Waals surface area contributed by atoms with Gasteiger partial charge < -0.3 is 16.2 Å². The Morgan fingerprint density at radius 2 is 2.19 bits per heavy atom. The molecule has 0 saturated carbocycles. The average molecular weight is 221 g/mol. The zero-order valence-corrected chi connectivity index (χ0v) is 10.0. The highest BCUT2D eigenvalue weighted by molar-refractivity contribution is 5.84. The molecule has 1 aromatic rings. The molecule has 4 N–H and O–H groups in total. The Balaban J connectivity index is 3.06. The van der Waals surface area contributed by atoms with Crippen molar-refractivity contribution >= 4 is 11.5 Å².